The number of nitrogens with zero attached hydrogens (tertiary/aromatic N) is 2. The smallest absolute Gasteiger partial charge is 0.243 e. The molecule has 0 aliphatic rings. The normalized spacial score (nSPS) is 12.4. The molecular weight excluding hydrogens is 376 g/mol. The van der Waals surface area contributed by atoms with Crippen LogP contribution in [0.25, 0.3) is 0 Å². The summed E-state index contributed by atoms with van der Waals surface area (Å²) in [6, 6.07) is 6.52. The zero-order valence-corrected chi connectivity index (χ0v) is 16.7. The Bertz CT molecular complexity index is 949. The van der Waals surface area contributed by atoms with Crippen LogP contribution in [-0.4, -0.2) is 39.7 Å². The van der Waals surface area contributed by atoms with E-state index in [9.17, 15) is 16.8 Å². The van der Waals surface area contributed by atoms with Crippen LogP contribution in [0, 0.1) is 13.8 Å². The van der Waals surface area contributed by atoms with Crippen molar-refractivity contribution < 1.29 is 16.8 Å². The van der Waals surface area contributed by atoms with E-state index in [1.165, 1.54) is 18.3 Å². The number of aryl methyl sites for hydroxylation is 3. The molecule has 1 aromatic carbocycles. The minimum atomic E-state index is -3.66. The van der Waals surface area contributed by atoms with Crippen LogP contribution < -0.4 is 9.44 Å². The van der Waals surface area contributed by atoms with E-state index >= 15 is 0 Å². The fourth-order valence-corrected chi connectivity index (χ4v) is 4.64. The summed E-state index contributed by atoms with van der Waals surface area (Å²) >= 11 is 0. The summed E-state index contributed by atoms with van der Waals surface area (Å²) in [6.45, 7) is 6.22. The molecule has 0 atom stereocenters. The first-order valence-corrected chi connectivity index (χ1v) is 11.2. The predicted molar refractivity (Wildman–Crippen MR) is 98.8 cm³/mol. The van der Waals surface area contributed by atoms with Gasteiger partial charge in [0.25, 0.3) is 0 Å². The van der Waals surface area contributed by atoms with E-state index in [0.717, 1.165) is 5.56 Å². The van der Waals surface area contributed by atoms with Crippen LogP contribution in [-0.2, 0) is 26.6 Å². The molecule has 1 aromatic heterocycles. The monoisotopic (exact) mass is 400 g/mol. The summed E-state index contributed by atoms with van der Waals surface area (Å²) in [4.78, 5) is 0.325. The van der Waals surface area contributed by atoms with Gasteiger partial charge in [0.05, 0.1) is 10.6 Å². The van der Waals surface area contributed by atoms with Gasteiger partial charge in [-0.2, -0.15) is 5.10 Å². The second-order valence-electron chi connectivity index (χ2n) is 5.90. The minimum absolute atomic E-state index is 0.121. The first-order valence-electron chi connectivity index (χ1n) is 8.26. The fourth-order valence-electron chi connectivity index (χ4n) is 2.31. The molecule has 0 spiro atoms. The number of sulfonamides is 2. The largest absolute Gasteiger partial charge is 0.271 e. The van der Waals surface area contributed by atoms with Gasteiger partial charge in [-0.25, -0.2) is 26.3 Å². The summed E-state index contributed by atoms with van der Waals surface area (Å²) in [7, 11) is -7.26. The number of benzene rings is 1. The van der Waals surface area contributed by atoms with Crippen molar-refractivity contribution in [3.8, 4) is 0 Å². The topological polar surface area (TPSA) is 110 Å². The molecule has 0 unspecified atom stereocenters. The highest BCUT2D eigenvalue weighted by Gasteiger charge is 2.19. The van der Waals surface area contributed by atoms with Gasteiger partial charge in [0, 0.05) is 25.8 Å². The van der Waals surface area contributed by atoms with Gasteiger partial charge in [0.1, 0.15) is 4.90 Å². The maximum absolute atomic E-state index is 12.3. The van der Waals surface area contributed by atoms with E-state index in [4.69, 9.17) is 0 Å². The van der Waals surface area contributed by atoms with Gasteiger partial charge in [0.15, 0.2) is 0 Å². The molecule has 144 valence electrons. The van der Waals surface area contributed by atoms with Gasteiger partial charge in [-0.1, -0.05) is 17.7 Å². The summed E-state index contributed by atoms with van der Waals surface area (Å²) in [5, 5.41) is 4.12. The molecule has 0 amide bonds. The Labute approximate surface area is 154 Å². The predicted octanol–water partition coefficient (Wildman–Crippen LogP) is 1.17. The third-order valence-electron chi connectivity index (χ3n) is 3.78. The van der Waals surface area contributed by atoms with E-state index in [1.807, 2.05) is 13.8 Å². The first-order chi connectivity index (χ1) is 12.2. The molecule has 0 fully saturated rings. The van der Waals surface area contributed by atoms with E-state index in [0.29, 0.717) is 18.7 Å². The summed E-state index contributed by atoms with van der Waals surface area (Å²) < 4.78 is 55.4. The molecule has 0 aliphatic carbocycles. The standard InChI is InChI=1S/C16H24N4O4S2/c1-4-20-12-16(14(3)19-20)26(23,24)18-11-5-10-17-25(21,22)15-8-6-13(2)7-9-15/h6-9,12,17-18H,4-5,10-11H2,1-3H3. The van der Waals surface area contributed by atoms with Gasteiger partial charge >= 0.3 is 0 Å². The molecule has 26 heavy (non-hydrogen) atoms. The van der Waals surface area contributed by atoms with Crippen molar-refractivity contribution in [2.45, 2.75) is 43.5 Å². The molecule has 0 bridgehead atoms. The highest BCUT2D eigenvalue weighted by Crippen LogP contribution is 2.13. The lowest BCUT2D eigenvalue weighted by Gasteiger charge is -2.08. The third kappa shape index (κ3) is 5.13. The van der Waals surface area contributed by atoms with Crippen molar-refractivity contribution in [2.24, 2.45) is 0 Å². The van der Waals surface area contributed by atoms with Crippen molar-refractivity contribution >= 4 is 20.0 Å². The second kappa shape index (κ2) is 8.30. The average molecular weight is 401 g/mol. The van der Waals surface area contributed by atoms with Crippen molar-refractivity contribution in [1.82, 2.24) is 19.2 Å². The van der Waals surface area contributed by atoms with Crippen LogP contribution >= 0.6 is 0 Å². The molecule has 8 nitrogen and oxygen atoms in total. The lowest BCUT2D eigenvalue weighted by Crippen LogP contribution is -2.30. The van der Waals surface area contributed by atoms with Crippen LogP contribution in [0.2, 0.25) is 0 Å². The highest BCUT2D eigenvalue weighted by molar-refractivity contribution is 7.89. The van der Waals surface area contributed by atoms with E-state index in [-0.39, 0.29) is 22.9 Å². The Hall–Kier alpha value is -1.75. The van der Waals surface area contributed by atoms with Gasteiger partial charge in [-0.3, -0.25) is 4.68 Å². The minimum Gasteiger partial charge on any atom is -0.271 e. The number of nitrogens with one attached hydrogen (secondary N) is 2. The van der Waals surface area contributed by atoms with Crippen LogP contribution in [0.1, 0.15) is 24.6 Å². The molecule has 10 heteroatoms. The number of rotatable bonds is 9. The van der Waals surface area contributed by atoms with Crippen LogP contribution in [0.3, 0.4) is 0 Å². The number of aromatic nitrogens is 2. The summed E-state index contributed by atoms with van der Waals surface area (Å²) in [6.07, 6.45) is 1.81. The molecule has 0 radical (unpaired) electrons. The maximum Gasteiger partial charge on any atom is 0.243 e. The Balaban J connectivity index is 1.86. The fraction of sp³-hybridized carbons (Fsp3) is 0.438. The molecule has 1 heterocycles. The Kier molecular flexibility index (Phi) is 6.56. The van der Waals surface area contributed by atoms with Gasteiger partial charge in [0.2, 0.25) is 20.0 Å². The lowest BCUT2D eigenvalue weighted by atomic mass is 10.2. The van der Waals surface area contributed by atoms with Crippen LogP contribution in [0.15, 0.2) is 40.3 Å². The SMILES string of the molecule is CCn1cc(S(=O)(=O)NCCCNS(=O)(=O)c2ccc(C)cc2)c(C)n1. The van der Waals surface area contributed by atoms with Crippen molar-refractivity contribution in [1.29, 1.82) is 0 Å². The lowest BCUT2D eigenvalue weighted by molar-refractivity contribution is 0.572. The molecule has 0 saturated heterocycles. The van der Waals surface area contributed by atoms with Crippen molar-refractivity contribution in [3.63, 3.8) is 0 Å². The third-order valence-corrected chi connectivity index (χ3v) is 6.82. The second-order valence-corrected chi connectivity index (χ2v) is 9.40. The zero-order chi connectivity index (χ0) is 19.4. The zero-order valence-electron chi connectivity index (χ0n) is 15.1. The van der Waals surface area contributed by atoms with Gasteiger partial charge in [-0.15, -0.1) is 0 Å². The Morgan fingerprint density at radius 1 is 0.962 bits per heavy atom. The molecule has 0 saturated carbocycles. The quantitative estimate of drug-likeness (QED) is 0.614. The molecule has 2 aromatic rings. The number of hydrogen-bond acceptors (Lipinski definition) is 5. The van der Waals surface area contributed by atoms with E-state index < -0.39 is 20.0 Å². The molecular formula is C16H24N4O4S2. The maximum atomic E-state index is 12.3. The summed E-state index contributed by atoms with van der Waals surface area (Å²) in [5.41, 5.74) is 1.40. The number of hydrogen-bond donors (Lipinski definition) is 2. The molecule has 0 aliphatic heterocycles. The van der Waals surface area contributed by atoms with Crippen molar-refractivity contribution in [3.05, 3.63) is 41.7 Å². The molecule has 2 N–H and O–H groups in total. The van der Waals surface area contributed by atoms with E-state index in [2.05, 4.69) is 14.5 Å². The Morgan fingerprint density at radius 2 is 1.54 bits per heavy atom. The highest BCUT2D eigenvalue weighted by atomic mass is 32.2. The molecule has 2 rings (SSSR count). The van der Waals surface area contributed by atoms with E-state index in [1.54, 1.807) is 23.7 Å². The van der Waals surface area contributed by atoms with Crippen LogP contribution in [0.4, 0.5) is 0 Å². The van der Waals surface area contributed by atoms with Gasteiger partial charge in [-0.05, 0) is 39.3 Å². The van der Waals surface area contributed by atoms with Gasteiger partial charge < -0.3 is 0 Å². The first kappa shape index (κ1) is 20.6. The van der Waals surface area contributed by atoms with Crippen LogP contribution in [0.5, 0.6) is 0 Å². The average Bonchev–Trinajstić information content (AvgIpc) is 2.97. The summed E-state index contributed by atoms with van der Waals surface area (Å²) in [5.74, 6) is 0. The van der Waals surface area contributed by atoms with Crippen molar-refractivity contribution in [2.75, 3.05) is 13.1 Å². The Morgan fingerprint density at radius 3 is 2.08 bits per heavy atom.